The molecule has 0 bridgehead atoms. The van der Waals surface area contributed by atoms with Gasteiger partial charge in [-0.05, 0) is 24.3 Å². The van der Waals surface area contributed by atoms with Gasteiger partial charge in [-0.15, -0.1) is 0 Å². The Morgan fingerprint density at radius 3 is 2.79 bits per heavy atom. The van der Waals surface area contributed by atoms with Crippen LogP contribution in [0.15, 0.2) is 42.7 Å². The third kappa shape index (κ3) is 1.99. The second-order valence-corrected chi connectivity index (χ2v) is 4.49. The standard InChI is InChI=1S/C14H14N4O/c1-17-8-6-10-9-11(3-4-12(10)17)14(19)16-13-5-7-15-18(13)2/h3-9H,1-2H3,(H,16,19). The SMILES string of the molecule is Cn1nccc1NC(=O)c1ccc2c(ccn2C)c1. The zero-order valence-electron chi connectivity index (χ0n) is 10.8. The second-order valence-electron chi connectivity index (χ2n) is 4.49. The summed E-state index contributed by atoms with van der Waals surface area (Å²) in [6, 6.07) is 9.43. The quantitative estimate of drug-likeness (QED) is 0.762. The van der Waals surface area contributed by atoms with Gasteiger partial charge in [0.05, 0.1) is 6.20 Å². The first-order valence-corrected chi connectivity index (χ1v) is 5.99. The van der Waals surface area contributed by atoms with Crippen molar-refractivity contribution in [1.82, 2.24) is 14.3 Å². The summed E-state index contributed by atoms with van der Waals surface area (Å²) < 4.78 is 3.65. The van der Waals surface area contributed by atoms with Crippen molar-refractivity contribution in [3.05, 3.63) is 48.3 Å². The number of nitrogens with zero attached hydrogens (tertiary/aromatic N) is 3. The van der Waals surface area contributed by atoms with E-state index in [2.05, 4.69) is 10.4 Å². The number of carbonyl (C=O) groups excluding carboxylic acids is 1. The molecule has 5 heteroatoms. The number of fused-ring (bicyclic) bond motifs is 1. The number of nitrogens with one attached hydrogen (secondary N) is 1. The fourth-order valence-corrected chi connectivity index (χ4v) is 2.11. The first kappa shape index (κ1) is 11.5. The molecule has 0 saturated carbocycles. The Bertz CT molecular complexity index is 754. The Morgan fingerprint density at radius 2 is 2.05 bits per heavy atom. The largest absolute Gasteiger partial charge is 0.351 e. The van der Waals surface area contributed by atoms with E-state index in [-0.39, 0.29) is 5.91 Å². The Labute approximate surface area is 110 Å². The lowest BCUT2D eigenvalue weighted by atomic mass is 10.1. The summed E-state index contributed by atoms with van der Waals surface area (Å²) in [4.78, 5) is 12.2. The minimum absolute atomic E-state index is 0.130. The number of anilines is 1. The van der Waals surface area contributed by atoms with Gasteiger partial charge in [0, 0.05) is 42.8 Å². The van der Waals surface area contributed by atoms with Crippen molar-refractivity contribution in [2.75, 3.05) is 5.32 Å². The van der Waals surface area contributed by atoms with E-state index in [0.29, 0.717) is 11.4 Å². The molecule has 19 heavy (non-hydrogen) atoms. The molecule has 3 rings (SSSR count). The lowest BCUT2D eigenvalue weighted by Crippen LogP contribution is -2.14. The molecule has 0 atom stereocenters. The average Bonchev–Trinajstić information content (AvgIpc) is 2.97. The smallest absolute Gasteiger partial charge is 0.256 e. The van der Waals surface area contributed by atoms with Crippen LogP contribution in [-0.4, -0.2) is 20.3 Å². The lowest BCUT2D eigenvalue weighted by Gasteiger charge is -2.05. The minimum atomic E-state index is -0.130. The molecule has 2 aromatic heterocycles. The fourth-order valence-electron chi connectivity index (χ4n) is 2.11. The zero-order chi connectivity index (χ0) is 13.4. The van der Waals surface area contributed by atoms with Gasteiger partial charge in [0.25, 0.3) is 5.91 Å². The first-order chi connectivity index (χ1) is 9.15. The summed E-state index contributed by atoms with van der Waals surface area (Å²) >= 11 is 0. The third-order valence-electron chi connectivity index (χ3n) is 3.21. The van der Waals surface area contributed by atoms with Crippen LogP contribution in [0.3, 0.4) is 0 Å². The van der Waals surface area contributed by atoms with Crippen molar-refractivity contribution in [3.63, 3.8) is 0 Å². The summed E-state index contributed by atoms with van der Waals surface area (Å²) in [5, 5.41) is 7.90. The van der Waals surface area contributed by atoms with E-state index >= 15 is 0 Å². The predicted molar refractivity (Wildman–Crippen MR) is 74.1 cm³/mol. The van der Waals surface area contributed by atoms with Crippen LogP contribution in [0.1, 0.15) is 10.4 Å². The molecule has 0 aliphatic carbocycles. The highest BCUT2D eigenvalue weighted by molar-refractivity contribution is 6.05. The van der Waals surface area contributed by atoms with Crippen molar-refractivity contribution in [3.8, 4) is 0 Å². The van der Waals surface area contributed by atoms with Gasteiger partial charge >= 0.3 is 0 Å². The Kier molecular flexibility index (Phi) is 2.59. The highest BCUT2D eigenvalue weighted by atomic mass is 16.1. The number of rotatable bonds is 2. The Morgan fingerprint density at radius 1 is 1.21 bits per heavy atom. The van der Waals surface area contributed by atoms with Crippen LogP contribution >= 0.6 is 0 Å². The molecule has 5 nitrogen and oxygen atoms in total. The highest BCUT2D eigenvalue weighted by Crippen LogP contribution is 2.17. The van der Waals surface area contributed by atoms with E-state index in [4.69, 9.17) is 0 Å². The number of aryl methyl sites for hydroxylation is 2. The van der Waals surface area contributed by atoms with Crippen LogP contribution < -0.4 is 5.32 Å². The van der Waals surface area contributed by atoms with E-state index in [9.17, 15) is 4.79 Å². The van der Waals surface area contributed by atoms with Gasteiger partial charge in [-0.3, -0.25) is 9.48 Å². The van der Waals surface area contributed by atoms with Gasteiger partial charge in [-0.1, -0.05) is 0 Å². The van der Waals surface area contributed by atoms with Gasteiger partial charge in [-0.2, -0.15) is 5.10 Å². The zero-order valence-corrected chi connectivity index (χ0v) is 10.8. The maximum absolute atomic E-state index is 12.2. The molecule has 0 aliphatic rings. The average molecular weight is 254 g/mol. The second kappa shape index (κ2) is 4.28. The molecule has 0 unspecified atom stereocenters. The molecular weight excluding hydrogens is 240 g/mol. The van der Waals surface area contributed by atoms with Crippen LogP contribution in [0.5, 0.6) is 0 Å². The fraction of sp³-hybridized carbons (Fsp3) is 0.143. The Balaban J connectivity index is 1.91. The molecule has 2 heterocycles. The summed E-state index contributed by atoms with van der Waals surface area (Å²) in [5.74, 6) is 0.549. The predicted octanol–water partition coefficient (Wildman–Crippen LogP) is 2.16. The van der Waals surface area contributed by atoms with Crippen molar-refractivity contribution in [2.24, 2.45) is 14.1 Å². The number of hydrogen-bond donors (Lipinski definition) is 1. The van der Waals surface area contributed by atoms with Gasteiger partial charge in [0.1, 0.15) is 5.82 Å². The monoisotopic (exact) mass is 254 g/mol. The van der Waals surface area contributed by atoms with Crippen LogP contribution in [0.2, 0.25) is 0 Å². The molecule has 0 saturated heterocycles. The number of amides is 1. The van der Waals surface area contributed by atoms with Crippen LogP contribution in [-0.2, 0) is 14.1 Å². The van der Waals surface area contributed by atoms with Crippen molar-refractivity contribution >= 4 is 22.6 Å². The van der Waals surface area contributed by atoms with E-state index < -0.39 is 0 Å². The molecule has 1 aromatic carbocycles. The maximum atomic E-state index is 12.2. The van der Waals surface area contributed by atoms with E-state index in [1.54, 1.807) is 24.0 Å². The van der Waals surface area contributed by atoms with Crippen LogP contribution in [0.4, 0.5) is 5.82 Å². The van der Waals surface area contributed by atoms with Crippen molar-refractivity contribution < 1.29 is 4.79 Å². The highest BCUT2D eigenvalue weighted by Gasteiger charge is 2.09. The number of benzene rings is 1. The summed E-state index contributed by atoms with van der Waals surface area (Å²) in [6.07, 6.45) is 3.63. The lowest BCUT2D eigenvalue weighted by molar-refractivity contribution is 0.102. The van der Waals surface area contributed by atoms with Gasteiger partial charge in [-0.25, -0.2) is 0 Å². The molecule has 1 amide bonds. The van der Waals surface area contributed by atoms with Crippen molar-refractivity contribution in [2.45, 2.75) is 0 Å². The molecule has 3 aromatic rings. The Hall–Kier alpha value is -2.56. The number of carbonyl (C=O) groups is 1. The summed E-state index contributed by atoms with van der Waals surface area (Å²) in [7, 11) is 3.77. The summed E-state index contributed by atoms with van der Waals surface area (Å²) in [6.45, 7) is 0. The first-order valence-electron chi connectivity index (χ1n) is 5.99. The molecule has 96 valence electrons. The normalized spacial score (nSPS) is 10.8. The van der Waals surface area contributed by atoms with Crippen LogP contribution in [0, 0.1) is 0 Å². The van der Waals surface area contributed by atoms with Crippen LogP contribution in [0.25, 0.3) is 10.9 Å². The number of hydrogen-bond acceptors (Lipinski definition) is 2. The van der Waals surface area contributed by atoms with E-state index in [0.717, 1.165) is 10.9 Å². The summed E-state index contributed by atoms with van der Waals surface area (Å²) in [5.41, 5.74) is 1.75. The molecule has 0 aliphatic heterocycles. The molecular formula is C14H14N4O. The molecule has 0 fully saturated rings. The molecule has 1 N–H and O–H groups in total. The van der Waals surface area contributed by atoms with E-state index in [1.807, 2.05) is 42.1 Å². The molecule has 0 radical (unpaired) electrons. The number of aromatic nitrogens is 3. The van der Waals surface area contributed by atoms with Gasteiger partial charge < -0.3 is 9.88 Å². The topological polar surface area (TPSA) is 51.9 Å². The minimum Gasteiger partial charge on any atom is -0.351 e. The molecule has 0 spiro atoms. The maximum Gasteiger partial charge on any atom is 0.256 e. The van der Waals surface area contributed by atoms with Crippen molar-refractivity contribution in [1.29, 1.82) is 0 Å². The third-order valence-corrected chi connectivity index (χ3v) is 3.21. The van der Waals surface area contributed by atoms with Gasteiger partial charge in [0.2, 0.25) is 0 Å². The van der Waals surface area contributed by atoms with Gasteiger partial charge in [0.15, 0.2) is 0 Å². The van der Waals surface area contributed by atoms with E-state index in [1.165, 1.54) is 0 Å².